The van der Waals surface area contributed by atoms with Gasteiger partial charge in [0.2, 0.25) is 0 Å². The summed E-state index contributed by atoms with van der Waals surface area (Å²) in [6, 6.07) is 5.36. The molecule has 0 radical (unpaired) electrons. The molecule has 0 aliphatic rings. The molecule has 1 aromatic heterocycles. The second-order valence-electron chi connectivity index (χ2n) is 3.63. The number of aromatic nitrogens is 1. The highest BCUT2D eigenvalue weighted by molar-refractivity contribution is 7.14. The minimum absolute atomic E-state index is 0.238. The Kier molecular flexibility index (Phi) is 3.86. The second kappa shape index (κ2) is 5.57. The Labute approximate surface area is 114 Å². The Balaban J connectivity index is 2.23. The number of benzene rings is 1. The number of thiazole rings is 1. The lowest BCUT2D eigenvalue weighted by Gasteiger charge is -2.08. The number of primary amides is 1. The molecule has 1 heterocycles. The average Bonchev–Trinajstić information content (AvgIpc) is 2.87. The zero-order chi connectivity index (χ0) is 13.8. The largest absolute Gasteiger partial charge is 0.497 e. The van der Waals surface area contributed by atoms with E-state index in [4.69, 9.17) is 15.2 Å². The zero-order valence-electron chi connectivity index (χ0n) is 10.5. The lowest BCUT2D eigenvalue weighted by molar-refractivity contribution is 0.0996. The summed E-state index contributed by atoms with van der Waals surface area (Å²) in [5.74, 6) is 0.773. The van der Waals surface area contributed by atoms with E-state index >= 15 is 0 Å². The van der Waals surface area contributed by atoms with Gasteiger partial charge in [-0.1, -0.05) is 0 Å². The van der Waals surface area contributed by atoms with Crippen LogP contribution in [0.15, 0.2) is 23.6 Å². The van der Waals surface area contributed by atoms with Crippen LogP contribution in [-0.4, -0.2) is 25.1 Å². The summed E-state index contributed by atoms with van der Waals surface area (Å²) in [5.41, 5.74) is 6.14. The van der Waals surface area contributed by atoms with Crippen molar-refractivity contribution in [3.63, 3.8) is 0 Å². The van der Waals surface area contributed by atoms with Crippen molar-refractivity contribution in [2.45, 2.75) is 0 Å². The van der Waals surface area contributed by atoms with Gasteiger partial charge in [0.05, 0.1) is 14.2 Å². The summed E-state index contributed by atoms with van der Waals surface area (Å²) in [7, 11) is 3.15. The summed E-state index contributed by atoms with van der Waals surface area (Å²) in [6.45, 7) is 0. The van der Waals surface area contributed by atoms with E-state index in [9.17, 15) is 4.79 Å². The first-order valence-corrected chi connectivity index (χ1v) is 6.25. The van der Waals surface area contributed by atoms with E-state index in [1.165, 1.54) is 11.3 Å². The van der Waals surface area contributed by atoms with Crippen molar-refractivity contribution in [3.8, 4) is 11.5 Å². The number of hydrogen-bond donors (Lipinski definition) is 2. The maximum absolute atomic E-state index is 11.0. The minimum Gasteiger partial charge on any atom is -0.497 e. The van der Waals surface area contributed by atoms with Gasteiger partial charge in [-0.05, 0) is 0 Å². The van der Waals surface area contributed by atoms with Crippen molar-refractivity contribution in [3.05, 3.63) is 29.3 Å². The van der Waals surface area contributed by atoms with E-state index in [0.717, 1.165) is 5.69 Å². The molecule has 1 amide bonds. The summed E-state index contributed by atoms with van der Waals surface area (Å²) in [6.07, 6.45) is 0. The Morgan fingerprint density at radius 1 is 1.26 bits per heavy atom. The fourth-order valence-electron chi connectivity index (χ4n) is 1.45. The molecule has 0 unspecified atom stereocenters. The lowest BCUT2D eigenvalue weighted by Crippen LogP contribution is -2.11. The van der Waals surface area contributed by atoms with E-state index in [2.05, 4.69) is 10.3 Å². The molecular formula is C12H13N3O3S. The predicted octanol–water partition coefficient (Wildman–Crippen LogP) is 2.00. The van der Waals surface area contributed by atoms with Crippen molar-refractivity contribution in [1.29, 1.82) is 0 Å². The number of ether oxygens (including phenoxy) is 2. The van der Waals surface area contributed by atoms with Crippen LogP contribution >= 0.6 is 11.3 Å². The summed E-state index contributed by atoms with van der Waals surface area (Å²) in [5, 5.41) is 5.24. The van der Waals surface area contributed by atoms with E-state index in [-0.39, 0.29) is 5.69 Å². The number of carbonyl (C=O) groups excluding carboxylic acids is 1. The van der Waals surface area contributed by atoms with Gasteiger partial charge in [-0.3, -0.25) is 4.79 Å². The fourth-order valence-corrected chi connectivity index (χ4v) is 2.17. The van der Waals surface area contributed by atoms with Crippen LogP contribution in [0.4, 0.5) is 10.8 Å². The summed E-state index contributed by atoms with van der Waals surface area (Å²) in [4.78, 5) is 15.0. The standard InChI is InChI=1S/C12H13N3O3S/c1-17-8-3-7(4-9(5-8)18-2)14-12-15-10(6-19-12)11(13)16/h3-6H,1-2H3,(H2,13,16)(H,14,15). The van der Waals surface area contributed by atoms with E-state index in [1.54, 1.807) is 37.8 Å². The van der Waals surface area contributed by atoms with Gasteiger partial charge in [0.1, 0.15) is 17.2 Å². The Bertz CT molecular complexity index is 575. The number of rotatable bonds is 5. The first-order chi connectivity index (χ1) is 9.12. The second-order valence-corrected chi connectivity index (χ2v) is 4.49. The molecule has 0 bridgehead atoms. The predicted molar refractivity (Wildman–Crippen MR) is 73.5 cm³/mol. The monoisotopic (exact) mass is 279 g/mol. The highest BCUT2D eigenvalue weighted by Gasteiger charge is 2.08. The average molecular weight is 279 g/mol. The Morgan fingerprint density at radius 2 is 1.89 bits per heavy atom. The van der Waals surface area contributed by atoms with E-state index < -0.39 is 5.91 Å². The molecule has 6 nitrogen and oxygen atoms in total. The van der Waals surface area contributed by atoms with Crippen molar-refractivity contribution in [2.24, 2.45) is 5.73 Å². The molecule has 0 fully saturated rings. The molecule has 0 aliphatic carbocycles. The highest BCUT2D eigenvalue weighted by atomic mass is 32.1. The van der Waals surface area contributed by atoms with Crippen LogP contribution in [0, 0.1) is 0 Å². The molecule has 0 saturated carbocycles. The van der Waals surface area contributed by atoms with Gasteiger partial charge >= 0.3 is 0 Å². The minimum atomic E-state index is -0.549. The van der Waals surface area contributed by atoms with Crippen LogP contribution < -0.4 is 20.5 Å². The summed E-state index contributed by atoms with van der Waals surface area (Å²) < 4.78 is 10.3. The quantitative estimate of drug-likeness (QED) is 0.874. The lowest BCUT2D eigenvalue weighted by atomic mass is 10.3. The Hall–Kier alpha value is -2.28. The van der Waals surface area contributed by atoms with Crippen LogP contribution in [0.25, 0.3) is 0 Å². The number of hydrogen-bond acceptors (Lipinski definition) is 6. The topological polar surface area (TPSA) is 86.5 Å². The molecule has 3 N–H and O–H groups in total. The number of carbonyl (C=O) groups is 1. The van der Waals surface area contributed by atoms with Crippen LogP contribution in [0.1, 0.15) is 10.5 Å². The molecule has 0 spiro atoms. The number of amides is 1. The highest BCUT2D eigenvalue weighted by Crippen LogP contribution is 2.29. The normalized spacial score (nSPS) is 10.0. The number of nitrogens with one attached hydrogen (secondary N) is 1. The van der Waals surface area contributed by atoms with Gasteiger partial charge in [0.25, 0.3) is 5.91 Å². The van der Waals surface area contributed by atoms with Crippen molar-refractivity contribution < 1.29 is 14.3 Å². The van der Waals surface area contributed by atoms with E-state index in [0.29, 0.717) is 16.6 Å². The smallest absolute Gasteiger partial charge is 0.268 e. The van der Waals surface area contributed by atoms with Gasteiger partial charge in [0.15, 0.2) is 5.13 Å². The third-order valence-electron chi connectivity index (χ3n) is 2.36. The van der Waals surface area contributed by atoms with Crippen molar-refractivity contribution in [2.75, 3.05) is 19.5 Å². The van der Waals surface area contributed by atoms with Crippen LogP contribution in [0.5, 0.6) is 11.5 Å². The molecule has 100 valence electrons. The van der Waals surface area contributed by atoms with Crippen molar-refractivity contribution >= 4 is 28.1 Å². The zero-order valence-corrected chi connectivity index (χ0v) is 11.3. The van der Waals surface area contributed by atoms with Gasteiger partial charge in [-0.2, -0.15) is 0 Å². The van der Waals surface area contributed by atoms with Gasteiger partial charge in [0, 0.05) is 29.3 Å². The third-order valence-corrected chi connectivity index (χ3v) is 3.12. The van der Waals surface area contributed by atoms with Gasteiger partial charge in [-0.25, -0.2) is 4.98 Å². The molecule has 1 aromatic carbocycles. The maximum Gasteiger partial charge on any atom is 0.268 e. The molecule has 7 heteroatoms. The Morgan fingerprint density at radius 3 is 2.37 bits per heavy atom. The van der Waals surface area contributed by atoms with Crippen LogP contribution in [-0.2, 0) is 0 Å². The number of nitrogens with zero attached hydrogens (tertiary/aromatic N) is 1. The van der Waals surface area contributed by atoms with E-state index in [1.807, 2.05) is 0 Å². The molecule has 19 heavy (non-hydrogen) atoms. The first kappa shape index (κ1) is 13.2. The molecule has 0 aliphatic heterocycles. The van der Waals surface area contributed by atoms with Gasteiger partial charge < -0.3 is 20.5 Å². The number of methoxy groups -OCH3 is 2. The molecule has 2 rings (SSSR count). The third kappa shape index (κ3) is 3.14. The summed E-state index contributed by atoms with van der Waals surface area (Å²) >= 11 is 1.29. The molecule has 0 saturated heterocycles. The molecular weight excluding hydrogens is 266 g/mol. The number of anilines is 2. The molecule has 2 aromatic rings. The van der Waals surface area contributed by atoms with Crippen LogP contribution in [0.3, 0.4) is 0 Å². The molecule has 0 atom stereocenters. The van der Waals surface area contributed by atoms with Gasteiger partial charge in [-0.15, -0.1) is 11.3 Å². The van der Waals surface area contributed by atoms with Crippen molar-refractivity contribution in [1.82, 2.24) is 4.98 Å². The SMILES string of the molecule is COc1cc(Nc2nc(C(N)=O)cs2)cc(OC)c1. The fraction of sp³-hybridized carbons (Fsp3) is 0.167. The first-order valence-electron chi connectivity index (χ1n) is 5.38. The maximum atomic E-state index is 11.0. The number of nitrogens with two attached hydrogens (primary N) is 1. The van der Waals surface area contributed by atoms with Crippen LogP contribution in [0.2, 0.25) is 0 Å².